The molecular weight excluding hydrogens is 164 g/mol. The number of hydrogen-bond acceptors (Lipinski definition) is 2. The van der Waals surface area contributed by atoms with E-state index in [0.29, 0.717) is 5.69 Å². The molecule has 1 fully saturated rings. The molecule has 0 aromatic heterocycles. The summed E-state index contributed by atoms with van der Waals surface area (Å²) in [6.07, 6.45) is 0.854. The van der Waals surface area contributed by atoms with Crippen molar-refractivity contribution in [2.24, 2.45) is 0 Å². The number of anilines is 1. The minimum absolute atomic E-state index is 0.0406. The smallest absolute Gasteiger partial charge is 0.227 e. The normalized spacial score (nSPS) is 21.5. The van der Waals surface area contributed by atoms with Crippen LogP contribution in [0.25, 0.3) is 0 Å². The van der Waals surface area contributed by atoms with Gasteiger partial charge in [-0.05, 0) is 18.1 Å². The highest BCUT2D eigenvalue weighted by atomic mass is 16.2. The highest BCUT2D eigenvalue weighted by molar-refractivity contribution is 5.87. The van der Waals surface area contributed by atoms with Crippen LogP contribution in [-0.2, 0) is 4.79 Å². The van der Waals surface area contributed by atoms with E-state index in [1.165, 1.54) is 0 Å². The lowest BCUT2D eigenvalue weighted by Crippen LogP contribution is -2.18. The van der Waals surface area contributed by atoms with E-state index in [-0.39, 0.29) is 11.8 Å². The van der Waals surface area contributed by atoms with Crippen LogP contribution in [0.3, 0.4) is 0 Å². The summed E-state index contributed by atoms with van der Waals surface area (Å²) >= 11 is 0. The van der Waals surface area contributed by atoms with Gasteiger partial charge in [0, 0.05) is 12.2 Å². The fraction of sp³-hybridized carbons (Fsp3) is 0.300. The van der Waals surface area contributed by atoms with Crippen LogP contribution in [-0.4, -0.2) is 12.5 Å². The molecule has 0 aliphatic carbocycles. The molecule has 1 saturated heterocycles. The summed E-state index contributed by atoms with van der Waals surface area (Å²) in [4.78, 5) is 11.4. The zero-order chi connectivity index (χ0) is 9.26. The van der Waals surface area contributed by atoms with Crippen molar-refractivity contribution in [3.8, 4) is 0 Å². The number of hydrogen-bond donors (Lipinski definition) is 2. The predicted molar refractivity (Wildman–Crippen MR) is 51.2 cm³/mol. The molecule has 0 bridgehead atoms. The fourth-order valence-corrected chi connectivity index (χ4v) is 1.72. The van der Waals surface area contributed by atoms with Gasteiger partial charge in [-0.3, -0.25) is 4.79 Å². The van der Waals surface area contributed by atoms with Crippen LogP contribution >= 0.6 is 0 Å². The summed E-state index contributed by atoms with van der Waals surface area (Å²) in [7, 11) is 0. The largest absolute Gasteiger partial charge is 0.398 e. The van der Waals surface area contributed by atoms with E-state index in [1.807, 2.05) is 24.3 Å². The fourth-order valence-electron chi connectivity index (χ4n) is 1.72. The molecular formula is C10H12N2O. The molecule has 1 aromatic rings. The van der Waals surface area contributed by atoms with Crippen LogP contribution in [0.15, 0.2) is 24.3 Å². The van der Waals surface area contributed by atoms with Crippen molar-refractivity contribution >= 4 is 11.6 Å². The van der Waals surface area contributed by atoms with Gasteiger partial charge in [-0.1, -0.05) is 18.2 Å². The molecule has 1 unspecified atom stereocenters. The number of amides is 1. The second-order valence-electron chi connectivity index (χ2n) is 3.26. The lowest BCUT2D eigenvalue weighted by Gasteiger charge is -2.09. The van der Waals surface area contributed by atoms with Gasteiger partial charge in [0.25, 0.3) is 0 Å². The number of nitrogens with one attached hydrogen (secondary N) is 1. The van der Waals surface area contributed by atoms with Crippen molar-refractivity contribution in [2.75, 3.05) is 12.3 Å². The molecule has 0 spiro atoms. The maximum Gasteiger partial charge on any atom is 0.227 e. The van der Waals surface area contributed by atoms with Gasteiger partial charge in [-0.15, -0.1) is 0 Å². The molecule has 0 saturated carbocycles. The van der Waals surface area contributed by atoms with Crippen molar-refractivity contribution in [3.63, 3.8) is 0 Å². The van der Waals surface area contributed by atoms with Crippen LogP contribution in [0.5, 0.6) is 0 Å². The lowest BCUT2D eigenvalue weighted by molar-refractivity contribution is -0.120. The molecule has 1 aliphatic heterocycles. The van der Waals surface area contributed by atoms with Crippen LogP contribution in [0, 0.1) is 0 Å². The monoisotopic (exact) mass is 176 g/mol. The number of para-hydroxylation sites is 1. The van der Waals surface area contributed by atoms with Gasteiger partial charge < -0.3 is 11.1 Å². The Kier molecular flexibility index (Phi) is 1.93. The SMILES string of the molecule is Nc1ccccc1C1CCNC1=O. The summed E-state index contributed by atoms with van der Waals surface area (Å²) in [5, 5.41) is 2.80. The average Bonchev–Trinajstić information content (AvgIpc) is 2.52. The molecule has 1 aromatic carbocycles. The average molecular weight is 176 g/mol. The second kappa shape index (κ2) is 3.09. The third-order valence-electron chi connectivity index (χ3n) is 2.42. The first-order chi connectivity index (χ1) is 6.29. The molecule has 1 amide bonds. The van der Waals surface area contributed by atoms with Gasteiger partial charge in [-0.25, -0.2) is 0 Å². The molecule has 3 N–H and O–H groups in total. The maximum absolute atomic E-state index is 11.4. The standard InChI is InChI=1S/C10H12N2O/c11-9-4-2-1-3-7(9)8-5-6-12-10(8)13/h1-4,8H,5-6,11H2,(H,12,13). The van der Waals surface area contributed by atoms with Crippen molar-refractivity contribution in [1.82, 2.24) is 5.32 Å². The van der Waals surface area contributed by atoms with Gasteiger partial charge >= 0.3 is 0 Å². The first-order valence-electron chi connectivity index (χ1n) is 4.41. The van der Waals surface area contributed by atoms with Gasteiger partial charge in [0.05, 0.1) is 5.92 Å². The summed E-state index contributed by atoms with van der Waals surface area (Å²) in [5.41, 5.74) is 7.45. The first kappa shape index (κ1) is 8.10. The Hall–Kier alpha value is -1.51. The second-order valence-corrected chi connectivity index (χ2v) is 3.26. The lowest BCUT2D eigenvalue weighted by atomic mass is 9.96. The quantitative estimate of drug-likeness (QED) is 0.624. The van der Waals surface area contributed by atoms with Gasteiger partial charge in [-0.2, -0.15) is 0 Å². The highest BCUT2D eigenvalue weighted by Gasteiger charge is 2.26. The van der Waals surface area contributed by atoms with E-state index in [4.69, 9.17) is 5.73 Å². The third-order valence-corrected chi connectivity index (χ3v) is 2.42. The number of nitrogen functional groups attached to an aromatic ring is 1. The highest BCUT2D eigenvalue weighted by Crippen LogP contribution is 2.27. The van der Waals surface area contributed by atoms with Crippen molar-refractivity contribution in [1.29, 1.82) is 0 Å². The molecule has 2 rings (SSSR count). The van der Waals surface area contributed by atoms with Crippen molar-refractivity contribution in [3.05, 3.63) is 29.8 Å². The van der Waals surface area contributed by atoms with Crippen LogP contribution in [0.2, 0.25) is 0 Å². The van der Waals surface area contributed by atoms with Crippen molar-refractivity contribution in [2.45, 2.75) is 12.3 Å². The van der Waals surface area contributed by atoms with Gasteiger partial charge in [0.1, 0.15) is 0 Å². The van der Waals surface area contributed by atoms with E-state index in [2.05, 4.69) is 5.32 Å². The zero-order valence-corrected chi connectivity index (χ0v) is 7.29. The first-order valence-corrected chi connectivity index (χ1v) is 4.41. The van der Waals surface area contributed by atoms with Gasteiger partial charge in [0.15, 0.2) is 0 Å². The zero-order valence-electron chi connectivity index (χ0n) is 7.29. The Labute approximate surface area is 76.9 Å². The summed E-state index contributed by atoms with van der Waals surface area (Å²) < 4.78 is 0. The minimum atomic E-state index is -0.0406. The topological polar surface area (TPSA) is 55.1 Å². The van der Waals surface area contributed by atoms with Gasteiger partial charge in [0.2, 0.25) is 5.91 Å². The Morgan fingerprint density at radius 1 is 1.38 bits per heavy atom. The third kappa shape index (κ3) is 1.37. The van der Waals surface area contributed by atoms with E-state index in [0.717, 1.165) is 18.5 Å². The predicted octanol–water partition coefficient (Wildman–Crippen LogP) is 0.872. The molecule has 3 nitrogen and oxygen atoms in total. The number of carbonyl (C=O) groups is 1. The molecule has 1 aliphatic rings. The Balaban J connectivity index is 2.34. The number of carbonyl (C=O) groups excluding carboxylic acids is 1. The molecule has 68 valence electrons. The minimum Gasteiger partial charge on any atom is -0.398 e. The number of rotatable bonds is 1. The molecule has 1 atom stereocenters. The van der Waals surface area contributed by atoms with E-state index < -0.39 is 0 Å². The van der Waals surface area contributed by atoms with Crippen LogP contribution < -0.4 is 11.1 Å². The molecule has 13 heavy (non-hydrogen) atoms. The molecule has 0 radical (unpaired) electrons. The van der Waals surface area contributed by atoms with Crippen molar-refractivity contribution < 1.29 is 4.79 Å². The van der Waals surface area contributed by atoms with E-state index in [1.54, 1.807) is 0 Å². The van der Waals surface area contributed by atoms with E-state index in [9.17, 15) is 4.79 Å². The Bertz CT molecular complexity index is 335. The summed E-state index contributed by atoms with van der Waals surface area (Å²) in [6, 6.07) is 7.55. The van der Waals surface area contributed by atoms with Crippen LogP contribution in [0.4, 0.5) is 5.69 Å². The van der Waals surface area contributed by atoms with E-state index >= 15 is 0 Å². The summed E-state index contributed by atoms with van der Waals surface area (Å²) in [5.74, 6) is 0.0547. The number of benzene rings is 1. The Morgan fingerprint density at radius 3 is 2.77 bits per heavy atom. The number of nitrogens with two attached hydrogens (primary N) is 1. The maximum atomic E-state index is 11.4. The Morgan fingerprint density at radius 2 is 2.15 bits per heavy atom. The molecule has 1 heterocycles. The molecule has 3 heteroatoms. The van der Waals surface area contributed by atoms with Crippen LogP contribution in [0.1, 0.15) is 17.9 Å². The summed E-state index contributed by atoms with van der Waals surface area (Å²) in [6.45, 7) is 0.762.